The Hall–Kier alpha value is -4.02. The minimum atomic E-state index is -4.66. The van der Waals surface area contributed by atoms with Gasteiger partial charge in [0.1, 0.15) is 17.9 Å². The van der Waals surface area contributed by atoms with Gasteiger partial charge in [0.15, 0.2) is 0 Å². The van der Waals surface area contributed by atoms with Gasteiger partial charge in [0.25, 0.3) is 5.56 Å². The van der Waals surface area contributed by atoms with E-state index in [0.717, 1.165) is 16.8 Å². The Morgan fingerprint density at radius 3 is 2.47 bits per heavy atom. The molecule has 0 saturated heterocycles. The summed E-state index contributed by atoms with van der Waals surface area (Å²) in [6.45, 7) is 0.988. The van der Waals surface area contributed by atoms with Crippen LogP contribution < -0.4 is 10.9 Å². The molecule has 4 rings (SSSR count). The molecule has 0 fully saturated rings. The van der Waals surface area contributed by atoms with Gasteiger partial charge < -0.3 is 5.32 Å². The summed E-state index contributed by atoms with van der Waals surface area (Å²) in [7, 11) is 0. The lowest BCUT2D eigenvalue weighted by atomic mass is 10.1. The van der Waals surface area contributed by atoms with Crippen LogP contribution in [0.5, 0.6) is 0 Å². The molecule has 0 aliphatic carbocycles. The first kappa shape index (κ1) is 21.2. The summed E-state index contributed by atoms with van der Waals surface area (Å²) in [5.41, 5.74) is -1.20. The molecule has 0 saturated carbocycles. The number of amides is 1. The van der Waals surface area contributed by atoms with E-state index in [4.69, 9.17) is 0 Å². The van der Waals surface area contributed by atoms with Gasteiger partial charge in [-0.1, -0.05) is 12.1 Å². The number of aromatic nitrogens is 4. The molecular formula is C21H15F4N5O2. The first-order chi connectivity index (χ1) is 15.1. The van der Waals surface area contributed by atoms with E-state index in [9.17, 15) is 27.2 Å². The number of fused-ring (bicyclic) bond motifs is 1. The van der Waals surface area contributed by atoms with Gasteiger partial charge >= 0.3 is 6.18 Å². The number of carbonyl (C=O) groups is 1. The van der Waals surface area contributed by atoms with E-state index < -0.39 is 41.3 Å². The maximum Gasteiger partial charge on any atom is 0.418 e. The second kappa shape index (κ2) is 7.91. The van der Waals surface area contributed by atoms with Crippen LogP contribution in [-0.2, 0) is 17.5 Å². The number of halogens is 4. The second-order valence-electron chi connectivity index (χ2n) is 6.93. The Bertz CT molecular complexity index is 1370. The van der Waals surface area contributed by atoms with Gasteiger partial charge in [0, 0.05) is 5.39 Å². The highest BCUT2D eigenvalue weighted by Gasteiger charge is 2.33. The summed E-state index contributed by atoms with van der Waals surface area (Å²) in [5, 5.41) is 10.9. The zero-order valence-electron chi connectivity index (χ0n) is 16.5. The molecule has 1 amide bonds. The number of alkyl halides is 3. The lowest BCUT2D eigenvalue weighted by Gasteiger charge is -2.14. The highest BCUT2D eigenvalue weighted by molar-refractivity contribution is 5.91. The molecule has 7 nitrogen and oxygen atoms in total. The van der Waals surface area contributed by atoms with Gasteiger partial charge in [-0.15, -0.1) is 0 Å². The molecule has 2 heterocycles. The molecule has 0 spiro atoms. The minimum absolute atomic E-state index is 0.104. The summed E-state index contributed by atoms with van der Waals surface area (Å²) >= 11 is 0. The molecule has 2 aromatic carbocycles. The molecule has 32 heavy (non-hydrogen) atoms. The van der Waals surface area contributed by atoms with E-state index in [1.165, 1.54) is 47.3 Å². The lowest BCUT2D eigenvalue weighted by molar-refractivity contribution is -0.137. The van der Waals surface area contributed by atoms with Crippen molar-refractivity contribution in [3.8, 4) is 5.69 Å². The average molecular weight is 445 g/mol. The Kier molecular flexibility index (Phi) is 5.25. The number of anilines is 1. The van der Waals surface area contributed by atoms with E-state index in [0.29, 0.717) is 16.8 Å². The highest BCUT2D eigenvalue weighted by Crippen LogP contribution is 2.34. The van der Waals surface area contributed by atoms with Gasteiger partial charge in [-0.2, -0.15) is 23.4 Å². The number of benzene rings is 2. The van der Waals surface area contributed by atoms with Crippen molar-refractivity contribution < 1.29 is 22.4 Å². The standard InChI is InChI=1S/C21H15F4N5O2/c1-12-15-10-26-30(14-8-6-13(22)7-9-14)19(15)20(32)29(28-12)11-18(31)27-17-5-3-2-4-16(17)21(23,24)25/h2-10H,11H2,1H3,(H,27,31). The molecule has 0 radical (unpaired) electrons. The lowest BCUT2D eigenvalue weighted by Crippen LogP contribution is -2.31. The van der Waals surface area contributed by atoms with Crippen LogP contribution in [-0.4, -0.2) is 25.5 Å². The van der Waals surface area contributed by atoms with Crippen LogP contribution in [0.2, 0.25) is 0 Å². The summed E-state index contributed by atoms with van der Waals surface area (Å²) in [6, 6.07) is 9.81. The van der Waals surface area contributed by atoms with Gasteiger partial charge in [-0.25, -0.2) is 13.8 Å². The molecule has 0 bridgehead atoms. The fraction of sp³-hybridized carbons (Fsp3) is 0.143. The zero-order chi connectivity index (χ0) is 23.0. The summed E-state index contributed by atoms with van der Waals surface area (Å²) in [6.07, 6.45) is -3.23. The van der Waals surface area contributed by atoms with E-state index in [1.807, 2.05) is 0 Å². The van der Waals surface area contributed by atoms with Crippen molar-refractivity contribution in [1.29, 1.82) is 0 Å². The number of rotatable bonds is 4. The molecule has 4 aromatic rings. The van der Waals surface area contributed by atoms with Crippen molar-refractivity contribution in [2.45, 2.75) is 19.6 Å². The van der Waals surface area contributed by atoms with E-state index in [1.54, 1.807) is 6.92 Å². The van der Waals surface area contributed by atoms with E-state index >= 15 is 0 Å². The van der Waals surface area contributed by atoms with E-state index in [2.05, 4.69) is 15.5 Å². The van der Waals surface area contributed by atoms with Crippen molar-refractivity contribution in [1.82, 2.24) is 19.6 Å². The fourth-order valence-electron chi connectivity index (χ4n) is 3.27. The topological polar surface area (TPSA) is 81.8 Å². The smallest absolute Gasteiger partial charge is 0.324 e. The third-order valence-electron chi connectivity index (χ3n) is 4.74. The number of hydrogen-bond acceptors (Lipinski definition) is 4. The first-order valence-corrected chi connectivity index (χ1v) is 9.32. The molecule has 0 aliphatic rings. The van der Waals surface area contributed by atoms with Crippen LogP contribution in [0.25, 0.3) is 16.6 Å². The number of nitrogens with zero attached hydrogens (tertiary/aromatic N) is 4. The van der Waals surface area contributed by atoms with Crippen molar-refractivity contribution in [3.05, 3.63) is 82.2 Å². The molecule has 164 valence electrons. The van der Waals surface area contributed by atoms with Crippen molar-refractivity contribution in [2.24, 2.45) is 0 Å². The third-order valence-corrected chi connectivity index (χ3v) is 4.74. The first-order valence-electron chi connectivity index (χ1n) is 9.32. The molecule has 0 unspecified atom stereocenters. The maximum absolute atomic E-state index is 13.3. The molecule has 2 aromatic heterocycles. The summed E-state index contributed by atoms with van der Waals surface area (Å²) in [5.74, 6) is -1.32. The van der Waals surface area contributed by atoms with Gasteiger partial charge in [-0.3, -0.25) is 9.59 Å². The molecule has 0 aliphatic heterocycles. The number of carbonyl (C=O) groups excluding carboxylic acids is 1. The van der Waals surface area contributed by atoms with Gasteiger partial charge in [0.2, 0.25) is 5.91 Å². The quantitative estimate of drug-likeness (QED) is 0.486. The summed E-state index contributed by atoms with van der Waals surface area (Å²) < 4.78 is 54.9. The van der Waals surface area contributed by atoms with Crippen LogP contribution in [0, 0.1) is 12.7 Å². The van der Waals surface area contributed by atoms with E-state index in [-0.39, 0.29) is 5.52 Å². The van der Waals surface area contributed by atoms with Crippen LogP contribution in [0.3, 0.4) is 0 Å². The molecule has 11 heteroatoms. The van der Waals surface area contributed by atoms with Gasteiger partial charge in [0.05, 0.1) is 28.8 Å². The molecule has 1 N–H and O–H groups in total. The predicted molar refractivity (Wildman–Crippen MR) is 108 cm³/mol. The Balaban J connectivity index is 1.69. The highest BCUT2D eigenvalue weighted by atomic mass is 19.4. The monoisotopic (exact) mass is 445 g/mol. The van der Waals surface area contributed by atoms with Crippen molar-refractivity contribution in [3.63, 3.8) is 0 Å². The Morgan fingerprint density at radius 1 is 1.09 bits per heavy atom. The number of nitrogens with one attached hydrogen (secondary N) is 1. The third kappa shape index (κ3) is 3.96. The van der Waals surface area contributed by atoms with Gasteiger partial charge in [-0.05, 0) is 43.3 Å². The fourth-order valence-corrected chi connectivity index (χ4v) is 3.27. The Labute approximate surface area is 177 Å². The molecular weight excluding hydrogens is 430 g/mol. The number of aryl methyl sites for hydroxylation is 1. The average Bonchev–Trinajstić information content (AvgIpc) is 3.18. The van der Waals surface area contributed by atoms with Crippen LogP contribution in [0.4, 0.5) is 23.2 Å². The number of para-hydroxylation sites is 1. The minimum Gasteiger partial charge on any atom is -0.324 e. The second-order valence-corrected chi connectivity index (χ2v) is 6.93. The SMILES string of the molecule is Cc1nn(CC(=O)Nc2ccccc2C(F)(F)F)c(=O)c2c1cnn2-c1ccc(F)cc1. The van der Waals surface area contributed by atoms with Crippen LogP contribution >= 0.6 is 0 Å². The Morgan fingerprint density at radius 2 is 1.78 bits per heavy atom. The molecule has 0 atom stereocenters. The summed E-state index contributed by atoms with van der Waals surface area (Å²) in [4.78, 5) is 25.5. The zero-order valence-corrected chi connectivity index (χ0v) is 16.5. The number of hydrogen-bond donors (Lipinski definition) is 1. The predicted octanol–water partition coefficient (Wildman–Crippen LogP) is 3.69. The maximum atomic E-state index is 13.3. The van der Waals surface area contributed by atoms with Crippen molar-refractivity contribution in [2.75, 3.05) is 5.32 Å². The van der Waals surface area contributed by atoms with Crippen LogP contribution in [0.15, 0.2) is 59.5 Å². The largest absolute Gasteiger partial charge is 0.418 e. The van der Waals surface area contributed by atoms with Crippen LogP contribution in [0.1, 0.15) is 11.3 Å². The van der Waals surface area contributed by atoms with Crippen molar-refractivity contribution >= 4 is 22.5 Å². The normalized spacial score (nSPS) is 11.7.